The van der Waals surface area contributed by atoms with Crippen LogP contribution in [0.3, 0.4) is 0 Å². The summed E-state index contributed by atoms with van der Waals surface area (Å²) in [4.78, 5) is 13.1. The van der Waals surface area contributed by atoms with Crippen molar-refractivity contribution in [1.82, 2.24) is 0 Å². The molecule has 0 fully saturated rings. The van der Waals surface area contributed by atoms with Crippen LogP contribution in [0, 0.1) is 6.92 Å². The maximum atomic E-state index is 11.9. The van der Waals surface area contributed by atoms with Crippen LogP contribution in [-0.4, -0.2) is 5.78 Å². The molecule has 1 nitrogen and oxygen atoms in total. The summed E-state index contributed by atoms with van der Waals surface area (Å²) in [6.07, 6.45) is 12.5. The molecule has 1 rings (SSSR count). The topological polar surface area (TPSA) is 17.1 Å². The second-order valence-electron chi connectivity index (χ2n) is 5.39. The highest BCUT2D eigenvalue weighted by Gasteiger charge is 2.09. The van der Waals surface area contributed by atoms with Crippen LogP contribution in [-0.2, 0) is 0 Å². The zero-order chi connectivity index (χ0) is 13.9. The molecule has 0 unspecified atom stereocenters. The Morgan fingerprint density at radius 2 is 1.58 bits per heavy atom. The molecule has 0 aromatic carbocycles. The van der Waals surface area contributed by atoms with E-state index in [0.717, 1.165) is 18.4 Å². The number of hydrogen-bond acceptors (Lipinski definition) is 2. The van der Waals surface area contributed by atoms with Crippen LogP contribution in [0.1, 0.15) is 86.4 Å². The van der Waals surface area contributed by atoms with Crippen molar-refractivity contribution in [2.24, 2.45) is 0 Å². The Hall–Kier alpha value is -0.630. The molecule has 0 aliphatic rings. The van der Waals surface area contributed by atoms with Gasteiger partial charge in [-0.1, -0.05) is 58.3 Å². The van der Waals surface area contributed by atoms with Gasteiger partial charge in [-0.15, -0.1) is 11.3 Å². The van der Waals surface area contributed by atoms with Crippen molar-refractivity contribution in [2.75, 3.05) is 0 Å². The number of rotatable bonds is 11. The van der Waals surface area contributed by atoms with Gasteiger partial charge < -0.3 is 0 Å². The summed E-state index contributed by atoms with van der Waals surface area (Å²) in [5.41, 5.74) is 0.949. The van der Waals surface area contributed by atoms with Crippen molar-refractivity contribution in [3.63, 3.8) is 0 Å². The summed E-state index contributed by atoms with van der Waals surface area (Å²) in [7, 11) is 0. The molecule has 0 aliphatic heterocycles. The van der Waals surface area contributed by atoms with Crippen LogP contribution in [0.4, 0.5) is 0 Å². The molecule has 1 heterocycles. The number of carbonyl (C=O) groups is 1. The molecule has 1 aromatic heterocycles. The first-order valence-electron chi connectivity index (χ1n) is 7.83. The van der Waals surface area contributed by atoms with E-state index >= 15 is 0 Å². The number of thiophene rings is 1. The van der Waals surface area contributed by atoms with Crippen LogP contribution in [0.5, 0.6) is 0 Å². The van der Waals surface area contributed by atoms with E-state index in [-0.39, 0.29) is 0 Å². The van der Waals surface area contributed by atoms with E-state index in [0.29, 0.717) is 5.78 Å². The molecule has 0 N–H and O–H groups in total. The maximum Gasteiger partial charge on any atom is 0.163 e. The standard InChI is InChI=1S/C17H28OS/c1-3-4-5-6-7-8-9-10-11-12-17(18)16-13-14-19-15(16)2/h13-14H,3-12H2,1-2H3. The van der Waals surface area contributed by atoms with Gasteiger partial charge in [0.25, 0.3) is 0 Å². The molecule has 0 saturated heterocycles. The lowest BCUT2D eigenvalue weighted by molar-refractivity contribution is 0.0979. The molecule has 2 heteroatoms. The zero-order valence-electron chi connectivity index (χ0n) is 12.5. The Kier molecular flexibility index (Phi) is 8.81. The fraction of sp³-hybridized carbons (Fsp3) is 0.706. The van der Waals surface area contributed by atoms with Gasteiger partial charge in [0.2, 0.25) is 0 Å². The van der Waals surface area contributed by atoms with Gasteiger partial charge >= 0.3 is 0 Å². The SMILES string of the molecule is CCCCCCCCCCCC(=O)c1ccsc1C. The molecule has 19 heavy (non-hydrogen) atoms. The third-order valence-electron chi connectivity index (χ3n) is 3.67. The van der Waals surface area contributed by atoms with Crippen molar-refractivity contribution in [3.05, 3.63) is 21.9 Å². The van der Waals surface area contributed by atoms with Gasteiger partial charge in [0.05, 0.1) is 0 Å². The van der Waals surface area contributed by atoms with E-state index < -0.39 is 0 Å². The molecule has 0 spiro atoms. The number of aryl methyl sites for hydroxylation is 1. The lowest BCUT2D eigenvalue weighted by Gasteiger charge is -2.02. The average molecular weight is 280 g/mol. The zero-order valence-corrected chi connectivity index (χ0v) is 13.4. The monoisotopic (exact) mass is 280 g/mol. The van der Waals surface area contributed by atoms with Crippen LogP contribution in [0.25, 0.3) is 0 Å². The number of hydrogen-bond donors (Lipinski definition) is 0. The van der Waals surface area contributed by atoms with E-state index in [1.807, 2.05) is 18.4 Å². The third kappa shape index (κ3) is 6.91. The van der Waals surface area contributed by atoms with Gasteiger partial charge in [-0.3, -0.25) is 4.79 Å². The largest absolute Gasteiger partial charge is 0.294 e. The smallest absolute Gasteiger partial charge is 0.163 e. The van der Waals surface area contributed by atoms with Gasteiger partial charge in [0, 0.05) is 16.9 Å². The van der Waals surface area contributed by atoms with E-state index in [1.165, 1.54) is 56.2 Å². The minimum Gasteiger partial charge on any atom is -0.294 e. The molecule has 0 amide bonds. The van der Waals surface area contributed by atoms with Crippen molar-refractivity contribution >= 4 is 17.1 Å². The fourth-order valence-electron chi connectivity index (χ4n) is 2.41. The van der Waals surface area contributed by atoms with E-state index in [1.54, 1.807) is 11.3 Å². The van der Waals surface area contributed by atoms with Crippen LogP contribution >= 0.6 is 11.3 Å². The summed E-state index contributed by atoms with van der Waals surface area (Å²) >= 11 is 1.67. The first kappa shape index (κ1) is 16.4. The average Bonchev–Trinajstić information content (AvgIpc) is 2.83. The Morgan fingerprint density at radius 3 is 2.11 bits per heavy atom. The Balaban J connectivity index is 1.96. The number of ketones is 1. The second kappa shape index (κ2) is 10.2. The van der Waals surface area contributed by atoms with Crippen LogP contribution in [0.2, 0.25) is 0 Å². The summed E-state index contributed by atoms with van der Waals surface area (Å²) in [5.74, 6) is 0.335. The summed E-state index contributed by atoms with van der Waals surface area (Å²) < 4.78 is 0. The van der Waals surface area contributed by atoms with Gasteiger partial charge in [-0.2, -0.15) is 0 Å². The molecular weight excluding hydrogens is 252 g/mol. The van der Waals surface area contributed by atoms with E-state index in [2.05, 4.69) is 6.92 Å². The number of unbranched alkanes of at least 4 members (excludes halogenated alkanes) is 8. The molecular formula is C17H28OS. The van der Waals surface area contributed by atoms with Crippen LogP contribution < -0.4 is 0 Å². The third-order valence-corrected chi connectivity index (χ3v) is 4.51. The predicted octanol–water partition coefficient (Wildman–Crippen LogP) is 6.16. The fourth-order valence-corrected chi connectivity index (χ4v) is 3.12. The predicted molar refractivity (Wildman–Crippen MR) is 85.2 cm³/mol. The normalized spacial score (nSPS) is 10.8. The summed E-state index contributed by atoms with van der Waals surface area (Å²) in [6, 6.07) is 1.97. The quantitative estimate of drug-likeness (QED) is 0.350. The molecule has 0 radical (unpaired) electrons. The van der Waals surface area contributed by atoms with Crippen molar-refractivity contribution < 1.29 is 4.79 Å². The molecule has 0 aliphatic carbocycles. The highest BCUT2D eigenvalue weighted by molar-refractivity contribution is 7.10. The lowest BCUT2D eigenvalue weighted by atomic mass is 10.0. The summed E-state index contributed by atoms with van der Waals surface area (Å²) in [5, 5.41) is 2.01. The Bertz CT molecular complexity index is 354. The van der Waals surface area contributed by atoms with E-state index in [4.69, 9.17) is 0 Å². The second-order valence-corrected chi connectivity index (χ2v) is 6.51. The number of carbonyl (C=O) groups excluding carboxylic acids is 1. The highest BCUT2D eigenvalue weighted by atomic mass is 32.1. The Labute approximate surface area is 122 Å². The highest BCUT2D eigenvalue weighted by Crippen LogP contribution is 2.18. The molecule has 0 saturated carbocycles. The van der Waals surface area contributed by atoms with Crippen molar-refractivity contribution in [2.45, 2.75) is 78.1 Å². The first-order chi connectivity index (χ1) is 9.25. The van der Waals surface area contributed by atoms with Crippen molar-refractivity contribution in [3.8, 4) is 0 Å². The first-order valence-corrected chi connectivity index (χ1v) is 8.71. The molecule has 0 atom stereocenters. The van der Waals surface area contributed by atoms with Gasteiger partial charge in [0.1, 0.15) is 0 Å². The number of Topliss-reactive ketones (excluding diaryl/α,β-unsaturated/α-hetero) is 1. The van der Waals surface area contributed by atoms with Crippen molar-refractivity contribution in [1.29, 1.82) is 0 Å². The minimum absolute atomic E-state index is 0.335. The molecule has 1 aromatic rings. The minimum atomic E-state index is 0.335. The maximum absolute atomic E-state index is 11.9. The van der Waals surface area contributed by atoms with Gasteiger partial charge in [0.15, 0.2) is 5.78 Å². The molecule has 108 valence electrons. The lowest BCUT2D eigenvalue weighted by Crippen LogP contribution is -1.98. The summed E-state index contributed by atoms with van der Waals surface area (Å²) in [6.45, 7) is 4.29. The molecule has 0 bridgehead atoms. The van der Waals surface area contributed by atoms with Gasteiger partial charge in [-0.25, -0.2) is 0 Å². The van der Waals surface area contributed by atoms with E-state index in [9.17, 15) is 4.79 Å². The Morgan fingerprint density at radius 1 is 1.00 bits per heavy atom. The van der Waals surface area contributed by atoms with Crippen LogP contribution in [0.15, 0.2) is 11.4 Å². The van der Waals surface area contributed by atoms with Gasteiger partial charge in [-0.05, 0) is 24.8 Å².